The van der Waals surface area contributed by atoms with Gasteiger partial charge in [0.05, 0.1) is 17.2 Å². The molecule has 31 heavy (non-hydrogen) atoms. The molecule has 2 aromatic rings. The maximum atomic E-state index is 13.5. The average Bonchev–Trinajstić information content (AvgIpc) is 2.76. The van der Waals surface area contributed by atoms with Gasteiger partial charge in [0, 0.05) is 17.6 Å². The minimum Gasteiger partial charge on any atom is -0.494 e. The second-order valence-corrected chi connectivity index (χ2v) is 8.50. The quantitative estimate of drug-likeness (QED) is 0.357. The standard InChI is InChI=1S/C25H34Cl2N2O2/c1-5-28(6-2)16-8-9-19(4)29(18-20-10-13-22(14-11-20)31-7-3)25(30)23-15-12-21(26)17-24(23)27/h10-15,17,19H,5-9,16,18H2,1-4H3. The highest BCUT2D eigenvalue weighted by Crippen LogP contribution is 2.25. The summed E-state index contributed by atoms with van der Waals surface area (Å²) in [4.78, 5) is 17.8. The summed E-state index contributed by atoms with van der Waals surface area (Å²) in [5, 5.41) is 0.899. The van der Waals surface area contributed by atoms with Gasteiger partial charge in [0.2, 0.25) is 0 Å². The fraction of sp³-hybridized carbons (Fsp3) is 0.480. The van der Waals surface area contributed by atoms with Gasteiger partial charge in [-0.25, -0.2) is 0 Å². The number of halogens is 2. The Labute approximate surface area is 197 Å². The molecule has 1 atom stereocenters. The highest BCUT2D eigenvalue weighted by atomic mass is 35.5. The van der Waals surface area contributed by atoms with Crippen molar-refractivity contribution in [3.8, 4) is 5.75 Å². The Morgan fingerprint density at radius 1 is 1.03 bits per heavy atom. The van der Waals surface area contributed by atoms with E-state index < -0.39 is 0 Å². The monoisotopic (exact) mass is 464 g/mol. The summed E-state index contributed by atoms with van der Waals surface area (Å²) in [6.45, 7) is 12.7. The molecule has 0 bridgehead atoms. The molecule has 0 aliphatic carbocycles. The Bertz CT molecular complexity index is 823. The van der Waals surface area contributed by atoms with E-state index in [1.807, 2.05) is 36.1 Å². The second kappa shape index (κ2) is 12.9. The van der Waals surface area contributed by atoms with Crippen molar-refractivity contribution in [2.75, 3.05) is 26.2 Å². The summed E-state index contributed by atoms with van der Waals surface area (Å²) in [5.41, 5.74) is 1.53. The first kappa shape index (κ1) is 25.5. The van der Waals surface area contributed by atoms with Crippen molar-refractivity contribution in [2.24, 2.45) is 0 Å². The summed E-state index contributed by atoms with van der Waals surface area (Å²) in [6, 6.07) is 13.0. The predicted octanol–water partition coefficient (Wildman–Crippen LogP) is 6.55. The zero-order chi connectivity index (χ0) is 22.8. The van der Waals surface area contributed by atoms with Crippen LogP contribution in [0.25, 0.3) is 0 Å². The van der Waals surface area contributed by atoms with Crippen molar-refractivity contribution < 1.29 is 9.53 Å². The van der Waals surface area contributed by atoms with Crippen LogP contribution < -0.4 is 4.74 Å². The molecular weight excluding hydrogens is 431 g/mol. The molecule has 0 radical (unpaired) electrons. The first-order chi connectivity index (χ1) is 14.9. The van der Waals surface area contributed by atoms with Crippen LogP contribution in [0.2, 0.25) is 10.0 Å². The maximum absolute atomic E-state index is 13.5. The minimum atomic E-state index is -0.0779. The lowest BCUT2D eigenvalue weighted by atomic mass is 10.1. The molecule has 1 unspecified atom stereocenters. The highest BCUT2D eigenvalue weighted by molar-refractivity contribution is 6.36. The first-order valence-corrected chi connectivity index (χ1v) is 11.8. The Kier molecular flexibility index (Phi) is 10.7. The molecule has 0 N–H and O–H groups in total. The number of hydrogen-bond acceptors (Lipinski definition) is 3. The van der Waals surface area contributed by atoms with Gasteiger partial charge >= 0.3 is 0 Å². The van der Waals surface area contributed by atoms with Crippen molar-refractivity contribution in [3.05, 3.63) is 63.6 Å². The molecular formula is C25H34Cl2N2O2. The molecule has 0 aromatic heterocycles. The van der Waals surface area contributed by atoms with E-state index in [4.69, 9.17) is 27.9 Å². The lowest BCUT2D eigenvalue weighted by Crippen LogP contribution is -2.39. The van der Waals surface area contributed by atoms with Crippen molar-refractivity contribution in [2.45, 2.75) is 53.1 Å². The highest BCUT2D eigenvalue weighted by Gasteiger charge is 2.24. The topological polar surface area (TPSA) is 32.8 Å². The van der Waals surface area contributed by atoms with Crippen molar-refractivity contribution in [1.82, 2.24) is 9.80 Å². The van der Waals surface area contributed by atoms with Gasteiger partial charge in [0.1, 0.15) is 5.75 Å². The van der Waals surface area contributed by atoms with E-state index in [2.05, 4.69) is 25.7 Å². The molecule has 0 saturated carbocycles. The van der Waals surface area contributed by atoms with E-state index in [0.29, 0.717) is 28.8 Å². The van der Waals surface area contributed by atoms with Crippen LogP contribution in [-0.4, -0.2) is 48.0 Å². The van der Waals surface area contributed by atoms with Crippen LogP contribution in [0.4, 0.5) is 0 Å². The minimum absolute atomic E-state index is 0.0707. The maximum Gasteiger partial charge on any atom is 0.255 e. The molecule has 2 aromatic carbocycles. The third-order valence-corrected chi connectivity index (χ3v) is 6.08. The molecule has 0 spiro atoms. The van der Waals surface area contributed by atoms with Crippen LogP contribution in [-0.2, 0) is 6.54 Å². The van der Waals surface area contributed by atoms with Crippen molar-refractivity contribution in [3.63, 3.8) is 0 Å². The average molecular weight is 465 g/mol. The van der Waals surface area contributed by atoms with E-state index in [9.17, 15) is 4.79 Å². The number of carbonyl (C=O) groups is 1. The number of hydrogen-bond donors (Lipinski definition) is 0. The molecule has 0 saturated heterocycles. The molecule has 0 fully saturated rings. The van der Waals surface area contributed by atoms with E-state index in [0.717, 1.165) is 43.8 Å². The van der Waals surface area contributed by atoms with Crippen LogP contribution >= 0.6 is 23.2 Å². The molecule has 2 rings (SSSR count). The number of ether oxygens (including phenoxy) is 1. The lowest BCUT2D eigenvalue weighted by molar-refractivity contribution is 0.0662. The Balaban J connectivity index is 2.20. The number of rotatable bonds is 12. The van der Waals surface area contributed by atoms with Crippen LogP contribution in [0, 0.1) is 0 Å². The fourth-order valence-corrected chi connectivity index (χ4v) is 4.10. The molecule has 1 amide bonds. The summed E-state index contributed by atoms with van der Waals surface area (Å²) in [7, 11) is 0. The second-order valence-electron chi connectivity index (χ2n) is 7.65. The summed E-state index contributed by atoms with van der Waals surface area (Å²) >= 11 is 12.4. The fourth-order valence-electron chi connectivity index (χ4n) is 3.61. The van der Waals surface area contributed by atoms with E-state index in [1.165, 1.54) is 0 Å². The van der Waals surface area contributed by atoms with Gasteiger partial charge in [-0.1, -0.05) is 49.2 Å². The van der Waals surface area contributed by atoms with Gasteiger partial charge in [0.15, 0.2) is 0 Å². The Morgan fingerprint density at radius 2 is 1.71 bits per heavy atom. The van der Waals surface area contributed by atoms with Gasteiger partial charge in [-0.3, -0.25) is 4.79 Å². The molecule has 6 heteroatoms. The van der Waals surface area contributed by atoms with Crippen molar-refractivity contribution >= 4 is 29.1 Å². The number of benzene rings is 2. The summed E-state index contributed by atoms with van der Waals surface area (Å²) < 4.78 is 5.54. The van der Waals surface area contributed by atoms with Gasteiger partial charge < -0.3 is 14.5 Å². The normalized spacial score (nSPS) is 12.1. The van der Waals surface area contributed by atoms with Crippen molar-refractivity contribution in [1.29, 1.82) is 0 Å². The Hall–Kier alpha value is -1.75. The van der Waals surface area contributed by atoms with Crippen LogP contribution in [0.5, 0.6) is 5.75 Å². The SMILES string of the molecule is CCOc1ccc(CN(C(=O)c2ccc(Cl)cc2Cl)C(C)CCCN(CC)CC)cc1. The number of nitrogens with zero attached hydrogens (tertiary/aromatic N) is 2. The first-order valence-electron chi connectivity index (χ1n) is 11.1. The lowest BCUT2D eigenvalue weighted by Gasteiger charge is -2.31. The predicted molar refractivity (Wildman–Crippen MR) is 130 cm³/mol. The number of amides is 1. The molecule has 170 valence electrons. The largest absolute Gasteiger partial charge is 0.494 e. The third kappa shape index (κ3) is 7.71. The summed E-state index contributed by atoms with van der Waals surface area (Å²) in [5.74, 6) is 0.753. The van der Waals surface area contributed by atoms with E-state index >= 15 is 0 Å². The van der Waals surface area contributed by atoms with Gasteiger partial charge in [-0.2, -0.15) is 0 Å². The zero-order valence-corrected chi connectivity index (χ0v) is 20.5. The Morgan fingerprint density at radius 3 is 2.29 bits per heavy atom. The zero-order valence-electron chi connectivity index (χ0n) is 19.0. The van der Waals surface area contributed by atoms with Crippen LogP contribution in [0.15, 0.2) is 42.5 Å². The number of carbonyl (C=O) groups excluding carboxylic acids is 1. The van der Waals surface area contributed by atoms with E-state index in [-0.39, 0.29) is 11.9 Å². The van der Waals surface area contributed by atoms with Gasteiger partial charge in [-0.05, 0) is 82.2 Å². The molecule has 4 nitrogen and oxygen atoms in total. The molecule has 0 heterocycles. The van der Waals surface area contributed by atoms with E-state index in [1.54, 1.807) is 18.2 Å². The third-order valence-electron chi connectivity index (χ3n) is 5.53. The van der Waals surface area contributed by atoms with Gasteiger partial charge in [-0.15, -0.1) is 0 Å². The molecule has 0 aliphatic heterocycles. The van der Waals surface area contributed by atoms with Gasteiger partial charge in [0.25, 0.3) is 5.91 Å². The van der Waals surface area contributed by atoms with Crippen LogP contribution in [0.1, 0.15) is 56.5 Å². The summed E-state index contributed by atoms with van der Waals surface area (Å²) in [6.07, 6.45) is 1.95. The van der Waals surface area contributed by atoms with Crippen LogP contribution in [0.3, 0.4) is 0 Å². The molecule has 0 aliphatic rings. The smallest absolute Gasteiger partial charge is 0.255 e.